The van der Waals surface area contributed by atoms with Crippen LogP contribution in [0.5, 0.6) is 0 Å². The third-order valence-corrected chi connectivity index (χ3v) is 6.30. The van der Waals surface area contributed by atoms with E-state index in [1.165, 1.54) is 6.42 Å². The molecule has 4 rings (SSSR count). The van der Waals surface area contributed by atoms with E-state index in [1.54, 1.807) is 0 Å². The molecule has 2 aliphatic rings. The first kappa shape index (κ1) is 18.1. The molecule has 2 aromatic rings. The molecule has 0 atom stereocenters. The topological polar surface area (TPSA) is 49.3 Å². The Morgan fingerprint density at radius 3 is 2.37 bits per heavy atom. The van der Waals surface area contributed by atoms with Gasteiger partial charge in [0.25, 0.3) is 5.91 Å². The van der Waals surface area contributed by atoms with Gasteiger partial charge in [-0.2, -0.15) is 0 Å². The van der Waals surface area contributed by atoms with E-state index in [-0.39, 0.29) is 17.1 Å². The van der Waals surface area contributed by atoms with Gasteiger partial charge in [-0.15, -0.1) is 0 Å². The minimum absolute atomic E-state index is 0.181. The van der Waals surface area contributed by atoms with Gasteiger partial charge in [0, 0.05) is 17.0 Å². The zero-order valence-electron chi connectivity index (χ0n) is 15.5. The zero-order valence-corrected chi connectivity index (χ0v) is 16.3. The maximum absolute atomic E-state index is 12.7. The van der Waals surface area contributed by atoms with Crippen molar-refractivity contribution in [3.8, 4) is 11.1 Å². The number of nitrogens with one attached hydrogen (secondary N) is 1. The highest BCUT2D eigenvalue weighted by atomic mass is 35.5. The summed E-state index contributed by atoms with van der Waals surface area (Å²) in [5, 5.41) is 14.9. The molecule has 1 spiro atoms. The number of halogens is 1. The van der Waals surface area contributed by atoms with Gasteiger partial charge in [-0.1, -0.05) is 55.1 Å². The van der Waals surface area contributed by atoms with Crippen molar-refractivity contribution in [2.75, 3.05) is 6.54 Å². The molecule has 1 amide bonds. The van der Waals surface area contributed by atoms with E-state index in [2.05, 4.69) is 5.32 Å². The molecule has 0 aromatic heterocycles. The maximum Gasteiger partial charge on any atom is 0.255 e. The van der Waals surface area contributed by atoms with Gasteiger partial charge >= 0.3 is 0 Å². The monoisotopic (exact) mass is 381 g/mol. The van der Waals surface area contributed by atoms with Crippen molar-refractivity contribution in [1.82, 2.24) is 5.32 Å². The second-order valence-electron chi connectivity index (χ2n) is 7.78. The first-order valence-corrected chi connectivity index (χ1v) is 9.97. The number of benzene rings is 2. The van der Waals surface area contributed by atoms with Crippen molar-refractivity contribution >= 4 is 23.1 Å². The van der Waals surface area contributed by atoms with Crippen LogP contribution in [0.1, 0.15) is 43.2 Å². The molecule has 1 fully saturated rings. The van der Waals surface area contributed by atoms with Gasteiger partial charge in [-0.05, 0) is 60.2 Å². The molecule has 0 bridgehead atoms. The van der Waals surface area contributed by atoms with E-state index in [9.17, 15) is 9.90 Å². The van der Waals surface area contributed by atoms with E-state index in [0.29, 0.717) is 17.1 Å². The van der Waals surface area contributed by atoms with Crippen LogP contribution in [0.15, 0.2) is 48.2 Å². The third-order valence-electron chi connectivity index (χ3n) is 6.05. The van der Waals surface area contributed by atoms with Gasteiger partial charge < -0.3 is 10.4 Å². The minimum atomic E-state index is -0.301. The van der Waals surface area contributed by atoms with Gasteiger partial charge in [0.05, 0.1) is 5.57 Å². The Morgan fingerprint density at radius 1 is 1.00 bits per heavy atom. The summed E-state index contributed by atoms with van der Waals surface area (Å²) in [7, 11) is 0. The molecule has 3 nitrogen and oxygen atoms in total. The second kappa shape index (κ2) is 7.05. The number of carbonyl (C=O) groups excluding carboxylic acids is 1. The fraction of sp³-hybridized carbons (Fsp3) is 0.348. The summed E-state index contributed by atoms with van der Waals surface area (Å²) in [4.78, 5) is 12.7. The summed E-state index contributed by atoms with van der Waals surface area (Å²) in [6.07, 6.45) is 5.24. The van der Waals surface area contributed by atoms with Crippen molar-refractivity contribution in [1.29, 1.82) is 0 Å². The van der Waals surface area contributed by atoms with Crippen molar-refractivity contribution < 1.29 is 9.90 Å². The SMILES string of the molecule is Cc1ccc(-c2ccc(Cl)cc2)cc1C1=C(O)C2(CCCCC2)CNC1=O. The van der Waals surface area contributed by atoms with Crippen LogP contribution in [0.2, 0.25) is 5.02 Å². The van der Waals surface area contributed by atoms with Crippen molar-refractivity contribution in [2.24, 2.45) is 5.41 Å². The molecule has 0 saturated heterocycles. The van der Waals surface area contributed by atoms with E-state index in [4.69, 9.17) is 11.6 Å². The van der Waals surface area contributed by atoms with Crippen LogP contribution in [0.3, 0.4) is 0 Å². The van der Waals surface area contributed by atoms with Crippen LogP contribution in [0, 0.1) is 12.3 Å². The Morgan fingerprint density at radius 2 is 1.67 bits per heavy atom. The van der Waals surface area contributed by atoms with Crippen molar-refractivity contribution in [3.63, 3.8) is 0 Å². The number of hydrogen-bond donors (Lipinski definition) is 2. The Labute approximate surface area is 165 Å². The largest absolute Gasteiger partial charge is 0.511 e. The molecular formula is C23H24ClNO2. The Hall–Kier alpha value is -2.26. The number of aliphatic hydroxyl groups excluding tert-OH is 1. The highest BCUT2D eigenvalue weighted by molar-refractivity contribution is 6.30. The molecule has 2 N–H and O–H groups in total. The molecule has 1 aliphatic carbocycles. The number of rotatable bonds is 2. The van der Waals surface area contributed by atoms with Crippen LogP contribution in [-0.4, -0.2) is 17.6 Å². The average molecular weight is 382 g/mol. The van der Waals surface area contributed by atoms with Crippen LogP contribution in [0.4, 0.5) is 0 Å². The second-order valence-corrected chi connectivity index (χ2v) is 8.22. The lowest BCUT2D eigenvalue weighted by Crippen LogP contribution is -2.46. The summed E-state index contributed by atoms with van der Waals surface area (Å²) >= 11 is 6.00. The molecule has 4 heteroatoms. The lowest BCUT2D eigenvalue weighted by Gasteiger charge is -2.40. The highest BCUT2D eigenvalue weighted by Crippen LogP contribution is 2.46. The number of carbonyl (C=O) groups is 1. The average Bonchev–Trinajstić information content (AvgIpc) is 2.68. The van der Waals surface area contributed by atoms with Crippen LogP contribution < -0.4 is 5.32 Å². The molecule has 1 saturated carbocycles. The maximum atomic E-state index is 12.7. The van der Waals surface area contributed by atoms with E-state index in [0.717, 1.165) is 47.9 Å². The highest BCUT2D eigenvalue weighted by Gasteiger charge is 2.43. The van der Waals surface area contributed by atoms with E-state index < -0.39 is 0 Å². The molecule has 140 valence electrons. The number of hydrogen-bond acceptors (Lipinski definition) is 2. The Kier molecular flexibility index (Phi) is 4.73. The molecular weight excluding hydrogens is 358 g/mol. The van der Waals surface area contributed by atoms with Crippen LogP contribution >= 0.6 is 11.6 Å². The van der Waals surface area contributed by atoms with Gasteiger partial charge in [-0.25, -0.2) is 0 Å². The number of aryl methyl sites for hydroxylation is 1. The quantitative estimate of drug-likeness (QED) is 0.704. The summed E-state index contributed by atoms with van der Waals surface area (Å²) in [5.41, 5.74) is 3.97. The van der Waals surface area contributed by atoms with Gasteiger partial charge in [-0.3, -0.25) is 4.79 Å². The molecule has 0 unspecified atom stereocenters. The third kappa shape index (κ3) is 3.25. The lowest BCUT2D eigenvalue weighted by atomic mass is 9.69. The van der Waals surface area contributed by atoms with Crippen molar-refractivity contribution in [2.45, 2.75) is 39.0 Å². The lowest BCUT2D eigenvalue weighted by molar-refractivity contribution is -0.117. The number of amides is 1. The van der Waals surface area contributed by atoms with E-state index >= 15 is 0 Å². The molecule has 27 heavy (non-hydrogen) atoms. The normalized spacial score (nSPS) is 19.3. The van der Waals surface area contributed by atoms with Gasteiger partial charge in [0.2, 0.25) is 0 Å². The van der Waals surface area contributed by atoms with Crippen LogP contribution in [-0.2, 0) is 4.79 Å². The number of aliphatic hydroxyl groups is 1. The molecule has 0 radical (unpaired) electrons. The predicted molar refractivity (Wildman–Crippen MR) is 110 cm³/mol. The first-order chi connectivity index (χ1) is 13.0. The predicted octanol–water partition coefficient (Wildman–Crippen LogP) is 5.66. The fourth-order valence-corrected chi connectivity index (χ4v) is 4.53. The first-order valence-electron chi connectivity index (χ1n) is 9.59. The zero-order chi connectivity index (χ0) is 19.0. The smallest absolute Gasteiger partial charge is 0.255 e. The summed E-state index contributed by atoms with van der Waals surface area (Å²) in [5.74, 6) is 0.0994. The van der Waals surface area contributed by atoms with Gasteiger partial charge in [0.15, 0.2) is 0 Å². The van der Waals surface area contributed by atoms with E-state index in [1.807, 2.05) is 49.4 Å². The summed E-state index contributed by atoms with van der Waals surface area (Å²) in [6.45, 7) is 2.52. The molecule has 1 aliphatic heterocycles. The van der Waals surface area contributed by atoms with Gasteiger partial charge in [0.1, 0.15) is 5.76 Å². The minimum Gasteiger partial charge on any atom is -0.511 e. The standard InChI is InChI=1S/C23H24ClNO2/c1-15-5-6-17(16-7-9-18(24)10-8-16)13-19(15)20-21(26)23(14-25-22(20)27)11-3-2-4-12-23/h5-10,13,26H,2-4,11-12,14H2,1H3,(H,25,27). The molecule has 1 heterocycles. The van der Waals surface area contributed by atoms with Crippen molar-refractivity contribution in [3.05, 3.63) is 64.4 Å². The fourth-order valence-electron chi connectivity index (χ4n) is 4.40. The molecule has 2 aromatic carbocycles. The van der Waals surface area contributed by atoms with Crippen LogP contribution in [0.25, 0.3) is 16.7 Å². The summed E-state index contributed by atoms with van der Waals surface area (Å²) < 4.78 is 0. The Balaban J connectivity index is 1.83. The Bertz CT molecular complexity index is 908. The summed E-state index contributed by atoms with van der Waals surface area (Å²) in [6, 6.07) is 13.7.